The molecule has 1 spiro atoms. The first-order valence-electron chi connectivity index (χ1n) is 24.6. The Morgan fingerprint density at radius 2 is 1.81 bits per heavy atom. The van der Waals surface area contributed by atoms with Gasteiger partial charge in [-0.3, -0.25) is 19.8 Å². The molecule has 16 nitrogen and oxygen atoms in total. The molecule has 0 radical (unpaired) electrons. The minimum Gasteiger partial charge on any atom is -0.468 e. The molecule has 2 saturated carbocycles. The van der Waals surface area contributed by atoms with Gasteiger partial charge in [-0.1, -0.05) is 38.1 Å². The number of aromatic amines is 1. The Morgan fingerprint density at radius 1 is 1.01 bits per heavy atom. The number of likely N-dealkylation sites (tertiary alicyclic amines) is 1. The molecule has 69 heavy (non-hydrogen) atoms. The van der Waals surface area contributed by atoms with Gasteiger partial charge in [0.2, 0.25) is 5.88 Å². The Morgan fingerprint density at radius 3 is 2.58 bits per heavy atom. The summed E-state index contributed by atoms with van der Waals surface area (Å²) in [7, 11) is -2.87. The van der Waals surface area contributed by atoms with Gasteiger partial charge in [0.15, 0.2) is 0 Å². The van der Waals surface area contributed by atoms with Gasteiger partial charge in [0.25, 0.3) is 21.6 Å². The number of ether oxygens (including phenoxy) is 3. The van der Waals surface area contributed by atoms with Crippen LogP contribution in [-0.4, -0.2) is 104 Å². The minimum absolute atomic E-state index is 0.112. The van der Waals surface area contributed by atoms with Crippen molar-refractivity contribution in [1.29, 1.82) is 0 Å². The van der Waals surface area contributed by atoms with Crippen LogP contribution in [0.25, 0.3) is 11.0 Å². The van der Waals surface area contributed by atoms with Crippen LogP contribution >= 0.6 is 0 Å². The van der Waals surface area contributed by atoms with E-state index in [9.17, 15) is 23.3 Å². The minimum atomic E-state index is -4.60. The lowest BCUT2D eigenvalue weighted by Crippen LogP contribution is -2.66. The number of rotatable bonds is 13. The van der Waals surface area contributed by atoms with Crippen LogP contribution in [-0.2, 0) is 19.5 Å². The molecule has 17 heteroatoms. The fourth-order valence-corrected chi connectivity index (χ4v) is 13.3. The molecule has 3 saturated heterocycles. The van der Waals surface area contributed by atoms with Gasteiger partial charge >= 0.3 is 0 Å². The van der Waals surface area contributed by atoms with Crippen molar-refractivity contribution < 1.29 is 32.3 Å². The van der Waals surface area contributed by atoms with Gasteiger partial charge in [-0.2, -0.15) is 4.98 Å². The zero-order chi connectivity index (χ0) is 47.8. The number of nitro groups is 1. The number of nitrogens with one attached hydrogen (secondary N) is 3. The maximum Gasteiger partial charge on any atom is 0.293 e. The quantitative estimate of drug-likeness (QED) is 0.0752. The van der Waals surface area contributed by atoms with Gasteiger partial charge < -0.3 is 34.3 Å². The molecule has 2 aliphatic carbocycles. The molecule has 2 aromatic heterocycles. The summed E-state index contributed by atoms with van der Waals surface area (Å²) in [5, 5.41) is 16.4. The number of aromatic nitrogens is 2. The standard InChI is InChI=1S/C52H62N8O8S/c1-32(2)38-8-5-6-9-39(38)42-10-7-21-58(42)36-25-52(26-36)30-57(31-52)35-11-13-40(43(23-35)59-45-22-34-17-20-53-48(34)55-50(45)68-47-29-67-28-46(47)59)49(61)56-69(64,65)37-12-14-41(44(24-37)60(62)63)54-27-33-15-18-51(3,66-4)19-16-33/h5-6,8-9,11-14,17,20,22-24,32-33,36,42,46-47,54H,7,10,15-16,18-19,21,25-31H2,1-4H3,(H,53,55)(H,56,61)/t33-,42-,46+,47+,51-/m0/s1. The summed E-state index contributed by atoms with van der Waals surface area (Å²) in [5.41, 5.74) is 5.57. The highest BCUT2D eigenvalue weighted by Crippen LogP contribution is 2.55. The molecule has 6 heterocycles. The summed E-state index contributed by atoms with van der Waals surface area (Å²) in [5.74, 6) is 0.257. The van der Waals surface area contributed by atoms with Crippen molar-refractivity contribution in [2.24, 2.45) is 11.3 Å². The number of nitrogens with zero attached hydrogens (tertiary/aromatic N) is 5. The molecule has 0 unspecified atom stereocenters. The normalized spacial score (nSPS) is 25.5. The average Bonchev–Trinajstić information content (AvgIpc) is 4.11. The average molecular weight is 959 g/mol. The number of nitro benzene ring substituents is 1. The molecule has 5 fully saturated rings. The van der Waals surface area contributed by atoms with Crippen LogP contribution in [0, 0.1) is 21.4 Å². The monoisotopic (exact) mass is 958 g/mol. The molecule has 0 bridgehead atoms. The number of methoxy groups -OCH3 is 1. The van der Waals surface area contributed by atoms with Crippen molar-refractivity contribution in [1.82, 2.24) is 19.6 Å². The predicted octanol–water partition coefficient (Wildman–Crippen LogP) is 8.82. The zero-order valence-electron chi connectivity index (χ0n) is 39.8. The van der Waals surface area contributed by atoms with E-state index in [0.29, 0.717) is 60.7 Å². The van der Waals surface area contributed by atoms with Gasteiger partial charge in [0, 0.05) is 67.6 Å². The fraction of sp³-hybridized carbons (Fsp3) is 0.500. The van der Waals surface area contributed by atoms with Gasteiger partial charge in [-0.05, 0) is 130 Å². The Kier molecular flexibility index (Phi) is 11.6. The van der Waals surface area contributed by atoms with E-state index < -0.39 is 37.5 Å². The van der Waals surface area contributed by atoms with Crippen LogP contribution in [0.5, 0.6) is 5.88 Å². The topological polar surface area (TPSA) is 184 Å². The molecular formula is C52H62N8O8S. The van der Waals surface area contributed by atoms with Gasteiger partial charge in [-0.25, -0.2) is 13.1 Å². The van der Waals surface area contributed by atoms with E-state index in [-0.39, 0.29) is 34.2 Å². The molecule has 1 amide bonds. The van der Waals surface area contributed by atoms with E-state index in [0.717, 1.165) is 75.3 Å². The van der Waals surface area contributed by atoms with Gasteiger partial charge in [0.1, 0.15) is 23.1 Å². The maximum atomic E-state index is 14.6. The number of H-pyrrole nitrogens is 1. The second-order valence-electron chi connectivity index (χ2n) is 21.0. The first kappa shape index (κ1) is 45.7. The molecule has 4 aliphatic heterocycles. The van der Waals surface area contributed by atoms with E-state index in [1.165, 1.54) is 36.1 Å². The molecule has 6 aliphatic rings. The highest BCUT2D eigenvalue weighted by Gasteiger charge is 2.55. The zero-order valence-corrected chi connectivity index (χ0v) is 40.6. The second-order valence-corrected chi connectivity index (χ2v) is 22.7. The Balaban J connectivity index is 0.859. The molecule has 5 aromatic rings. The Bertz CT molecular complexity index is 2900. The Labute approximate surface area is 403 Å². The van der Waals surface area contributed by atoms with Crippen LogP contribution in [0.4, 0.5) is 28.4 Å². The third kappa shape index (κ3) is 8.38. The van der Waals surface area contributed by atoms with E-state index in [1.807, 2.05) is 35.4 Å². The van der Waals surface area contributed by atoms with Crippen LogP contribution in [0.2, 0.25) is 0 Å². The second kappa shape index (κ2) is 17.6. The SMILES string of the molecule is CO[C@]1(C)CC[C@@H](CNc2ccc(S(=O)(=O)NC(=O)c3ccc(N4CC5(CC(N6CCC[C@H]6c6ccccc6C(C)C)C5)C4)cc3N3c4cc5cc[nH]c5nc4O[C@@H]4COC[C@H]43)cc2[N+](=O)[O-])CC1. The molecule has 3 atom stereocenters. The van der Waals surface area contributed by atoms with Crippen molar-refractivity contribution in [3.05, 3.63) is 106 Å². The molecular weight excluding hydrogens is 897 g/mol. The number of sulfonamides is 1. The number of pyridine rings is 1. The van der Waals surface area contributed by atoms with Crippen molar-refractivity contribution in [3.8, 4) is 5.88 Å². The lowest BCUT2D eigenvalue weighted by atomic mass is 9.60. The summed E-state index contributed by atoms with van der Waals surface area (Å²) in [6.45, 7) is 10.7. The first-order chi connectivity index (χ1) is 33.2. The summed E-state index contributed by atoms with van der Waals surface area (Å²) in [6.07, 6.45) is 9.63. The lowest BCUT2D eigenvalue weighted by Gasteiger charge is -2.62. The largest absolute Gasteiger partial charge is 0.468 e. The summed E-state index contributed by atoms with van der Waals surface area (Å²) >= 11 is 0. The lowest BCUT2D eigenvalue weighted by molar-refractivity contribution is -0.384. The van der Waals surface area contributed by atoms with Crippen LogP contribution in [0.3, 0.4) is 0 Å². The molecule has 3 N–H and O–H groups in total. The van der Waals surface area contributed by atoms with Gasteiger partial charge in [-0.15, -0.1) is 0 Å². The highest BCUT2D eigenvalue weighted by molar-refractivity contribution is 7.90. The van der Waals surface area contributed by atoms with Gasteiger partial charge in [0.05, 0.1) is 45.9 Å². The van der Waals surface area contributed by atoms with Crippen LogP contribution < -0.4 is 24.6 Å². The third-order valence-electron chi connectivity index (χ3n) is 16.3. The number of carbonyl (C=O) groups is 1. The number of anilines is 4. The first-order valence-corrected chi connectivity index (χ1v) is 26.1. The highest BCUT2D eigenvalue weighted by atomic mass is 32.2. The maximum absolute atomic E-state index is 14.6. The molecule has 11 rings (SSSR count). The van der Waals surface area contributed by atoms with Crippen molar-refractivity contribution >= 4 is 55.4 Å². The number of fused-ring (bicyclic) bond motifs is 3. The fourth-order valence-electron chi connectivity index (χ4n) is 12.3. The number of hydrogen-bond acceptors (Lipinski definition) is 13. The summed E-state index contributed by atoms with van der Waals surface area (Å²) in [4.78, 5) is 41.1. The van der Waals surface area contributed by atoms with E-state index in [4.69, 9.17) is 19.2 Å². The Hall–Kier alpha value is -5.75. The van der Waals surface area contributed by atoms with Crippen LogP contribution in [0.1, 0.15) is 106 Å². The van der Waals surface area contributed by atoms with Crippen molar-refractivity contribution in [3.63, 3.8) is 0 Å². The summed E-state index contributed by atoms with van der Waals surface area (Å²) < 4.78 is 48.6. The summed E-state index contributed by atoms with van der Waals surface area (Å²) in [6, 6.07) is 22.7. The number of benzene rings is 3. The van der Waals surface area contributed by atoms with Crippen molar-refractivity contribution in [2.45, 2.75) is 113 Å². The smallest absolute Gasteiger partial charge is 0.293 e. The van der Waals surface area contributed by atoms with E-state index in [2.05, 4.69) is 69.9 Å². The molecule has 3 aromatic carbocycles. The number of amides is 1. The van der Waals surface area contributed by atoms with Crippen LogP contribution in [0.15, 0.2) is 83.9 Å². The number of hydrogen-bond donors (Lipinski definition) is 3. The van der Waals surface area contributed by atoms with E-state index >= 15 is 0 Å². The molecule has 364 valence electrons. The van der Waals surface area contributed by atoms with E-state index in [1.54, 1.807) is 13.2 Å². The predicted molar refractivity (Wildman–Crippen MR) is 264 cm³/mol. The number of carbonyl (C=O) groups excluding carboxylic acids is 1. The van der Waals surface area contributed by atoms with Crippen molar-refractivity contribution in [2.75, 3.05) is 61.6 Å². The third-order valence-corrected chi connectivity index (χ3v) is 17.6.